The molecule has 0 spiro atoms. The van der Waals surface area contributed by atoms with Gasteiger partial charge in [-0.1, -0.05) is 6.92 Å². The fraction of sp³-hybridized carbons (Fsp3) is 0.333. The summed E-state index contributed by atoms with van der Waals surface area (Å²) in [5.41, 5.74) is -0.242. The van der Waals surface area contributed by atoms with Gasteiger partial charge in [-0.05, 0) is 12.5 Å². The van der Waals surface area contributed by atoms with Crippen molar-refractivity contribution in [3.63, 3.8) is 0 Å². The van der Waals surface area contributed by atoms with Gasteiger partial charge in [0.05, 0.1) is 23.0 Å². The first-order valence-electron chi connectivity index (χ1n) is 4.51. The highest BCUT2D eigenvalue weighted by Gasteiger charge is 2.23. The molecular weight excluding hydrogens is 216 g/mol. The zero-order valence-electron chi connectivity index (χ0n) is 8.80. The second kappa shape index (κ2) is 4.56. The molecule has 1 aromatic rings. The van der Waals surface area contributed by atoms with Crippen molar-refractivity contribution in [2.24, 2.45) is 0 Å². The summed E-state index contributed by atoms with van der Waals surface area (Å²) in [6, 6.07) is 2.26. The molecule has 7 heteroatoms. The number of rotatable bonds is 4. The highest BCUT2D eigenvalue weighted by atomic mass is 16.6. The molecule has 1 rings (SSSR count). The van der Waals surface area contributed by atoms with Gasteiger partial charge in [0.1, 0.15) is 0 Å². The Morgan fingerprint density at radius 1 is 1.19 bits per heavy atom. The lowest BCUT2D eigenvalue weighted by Gasteiger charge is -2.04. The molecule has 0 saturated heterocycles. The molecule has 0 radical (unpaired) electrons. The maximum Gasteiger partial charge on any atom is 0.317 e. The number of benzene rings is 1. The van der Waals surface area contributed by atoms with Gasteiger partial charge in [-0.15, -0.1) is 0 Å². The molecule has 0 aliphatic carbocycles. The number of hydrogen-bond acceptors (Lipinski definition) is 5. The number of aryl methyl sites for hydroxylation is 1. The quantitative estimate of drug-likeness (QED) is 0.578. The van der Waals surface area contributed by atoms with Gasteiger partial charge >= 0.3 is 5.69 Å². The van der Waals surface area contributed by atoms with Crippen molar-refractivity contribution in [3.05, 3.63) is 37.9 Å². The molecule has 1 aromatic carbocycles. The van der Waals surface area contributed by atoms with Crippen molar-refractivity contribution in [2.75, 3.05) is 7.11 Å². The molecule has 86 valence electrons. The van der Waals surface area contributed by atoms with E-state index in [0.29, 0.717) is 12.0 Å². The van der Waals surface area contributed by atoms with Gasteiger partial charge in [-0.2, -0.15) is 0 Å². The minimum absolute atomic E-state index is 0.0347. The van der Waals surface area contributed by atoms with Gasteiger partial charge in [0.15, 0.2) is 5.75 Å². The molecule has 0 aliphatic rings. The number of nitro groups is 2. The van der Waals surface area contributed by atoms with E-state index in [9.17, 15) is 20.2 Å². The second-order valence-electron chi connectivity index (χ2n) is 3.02. The molecule has 0 bridgehead atoms. The standard InChI is InChI=1S/C9H10N2O5/c1-3-6-4-9(16-2)8(11(14)15)5-7(6)10(12)13/h4-5H,3H2,1-2H3. The van der Waals surface area contributed by atoms with Crippen LogP contribution in [0.15, 0.2) is 12.1 Å². The van der Waals surface area contributed by atoms with Gasteiger partial charge in [0.2, 0.25) is 0 Å². The summed E-state index contributed by atoms with van der Waals surface area (Å²) < 4.78 is 4.82. The minimum atomic E-state index is -0.703. The Kier molecular flexibility index (Phi) is 3.39. The molecule has 0 heterocycles. The predicted molar refractivity (Wildman–Crippen MR) is 55.7 cm³/mol. The number of nitro benzene ring substituents is 2. The maximum absolute atomic E-state index is 10.7. The normalized spacial score (nSPS) is 9.88. The average Bonchev–Trinajstić information content (AvgIpc) is 2.26. The Balaban J connectivity index is 3.46. The van der Waals surface area contributed by atoms with Crippen LogP contribution in [0.3, 0.4) is 0 Å². The van der Waals surface area contributed by atoms with E-state index >= 15 is 0 Å². The smallest absolute Gasteiger partial charge is 0.317 e. The summed E-state index contributed by atoms with van der Waals surface area (Å²) in [7, 11) is 1.29. The minimum Gasteiger partial charge on any atom is -0.490 e. The molecule has 0 amide bonds. The first kappa shape index (κ1) is 11.9. The van der Waals surface area contributed by atoms with Crippen LogP contribution in [0.2, 0.25) is 0 Å². The summed E-state index contributed by atoms with van der Waals surface area (Å²) in [5.74, 6) is 0.0347. The van der Waals surface area contributed by atoms with Crippen LogP contribution in [0, 0.1) is 20.2 Å². The molecule has 0 fully saturated rings. The Hall–Kier alpha value is -2.18. The third kappa shape index (κ3) is 2.08. The fourth-order valence-electron chi connectivity index (χ4n) is 1.36. The maximum atomic E-state index is 10.7. The number of hydrogen-bond donors (Lipinski definition) is 0. The van der Waals surface area contributed by atoms with E-state index in [0.717, 1.165) is 6.07 Å². The lowest BCUT2D eigenvalue weighted by Crippen LogP contribution is -2.00. The van der Waals surface area contributed by atoms with E-state index in [4.69, 9.17) is 4.74 Å². The topological polar surface area (TPSA) is 95.5 Å². The highest BCUT2D eigenvalue weighted by Crippen LogP contribution is 2.34. The van der Waals surface area contributed by atoms with E-state index < -0.39 is 15.5 Å². The number of ether oxygens (including phenoxy) is 1. The van der Waals surface area contributed by atoms with Crippen molar-refractivity contribution in [3.8, 4) is 5.75 Å². The van der Waals surface area contributed by atoms with E-state index in [1.165, 1.54) is 13.2 Å². The first-order valence-corrected chi connectivity index (χ1v) is 4.51. The van der Waals surface area contributed by atoms with Crippen LogP contribution in [0.25, 0.3) is 0 Å². The molecular formula is C9H10N2O5. The van der Waals surface area contributed by atoms with Crippen molar-refractivity contribution < 1.29 is 14.6 Å². The molecule has 0 atom stereocenters. The zero-order chi connectivity index (χ0) is 12.3. The average molecular weight is 226 g/mol. The second-order valence-corrected chi connectivity index (χ2v) is 3.02. The number of methoxy groups -OCH3 is 1. The van der Waals surface area contributed by atoms with E-state index in [1.807, 2.05) is 0 Å². The van der Waals surface area contributed by atoms with E-state index in [-0.39, 0.29) is 11.4 Å². The lowest BCUT2D eigenvalue weighted by atomic mass is 10.1. The monoisotopic (exact) mass is 226 g/mol. The summed E-state index contributed by atoms with van der Waals surface area (Å²) in [6.07, 6.45) is 0.407. The van der Waals surface area contributed by atoms with Crippen molar-refractivity contribution in [1.29, 1.82) is 0 Å². The largest absolute Gasteiger partial charge is 0.490 e. The van der Waals surface area contributed by atoms with Crippen LogP contribution < -0.4 is 4.74 Å². The van der Waals surface area contributed by atoms with Gasteiger partial charge in [0.25, 0.3) is 5.69 Å². The summed E-state index contributed by atoms with van der Waals surface area (Å²) in [4.78, 5) is 20.0. The first-order chi connectivity index (χ1) is 7.51. The van der Waals surface area contributed by atoms with Crippen LogP contribution in [0.5, 0.6) is 5.75 Å². The van der Waals surface area contributed by atoms with Crippen LogP contribution in [0.4, 0.5) is 11.4 Å². The van der Waals surface area contributed by atoms with Crippen molar-refractivity contribution in [2.45, 2.75) is 13.3 Å². The predicted octanol–water partition coefficient (Wildman–Crippen LogP) is 2.07. The molecule has 0 N–H and O–H groups in total. The molecule has 7 nitrogen and oxygen atoms in total. The van der Waals surface area contributed by atoms with Crippen LogP contribution in [-0.4, -0.2) is 17.0 Å². The lowest BCUT2D eigenvalue weighted by molar-refractivity contribution is -0.395. The van der Waals surface area contributed by atoms with Gasteiger partial charge < -0.3 is 4.74 Å². The molecule has 16 heavy (non-hydrogen) atoms. The SMILES string of the molecule is CCc1cc(OC)c([N+](=O)[O-])cc1[N+](=O)[O-]. The summed E-state index contributed by atoms with van der Waals surface area (Å²) >= 11 is 0. The summed E-state index contributed by atoms with van der Waals surface area (Å²) in [6.45, 7) is 1.73. The van der Waals surface area contributed by atoms with E-state index in [2.05, 4.69) is 0 Å². The van der Waals surface area contributed by atoms with Crippen molar-refractivity contribution in [1.82, 2.24) is 0 Å². The van der Waals surface area contributed by atoms with Crippen LogP contribution >= 0.6 is 0 Å². The zero-order valence-corrected chi connectivity index (χ0v) is 8.80. The Morgan fingerprint density at radius 3 is 2.12 bits per heavy atom. The third-order valence-electron chi connectivity index (χ3n) is 2.15. The Labute approximate surface area is 90.9 Å². The van der Waals surface area contributed by atoms with Gasteiger partial charge in [-0.25, -0.2) is 0 Å². The van der Waals surface area contributed by atoms with Crippen LogP contribution in [-0.2, 0) is 6.42 Å². The molecule has 0 aromatic heterocycles. The fourth-order valence-corrected chi connectivity index (χ4v) is 1.36. The van der Waals surface area contributed by atoms with Crippen molar-refractivity contribution >= 4 is 11.4 Å². The van der Waals surface area contributed by atoms with Crippen LogP contribution in [0.1, 0.15) is 12.5 Å². The van der Waals surface area contributed by atoms with Gasteiger partial charge in [-0.3, -0.25) is 20.2 Å². The number of nitrogens with zero attached hydrogens (tertiary/aromatic N) is 2. The third-order valence-corrected chi connectivity index (χ3v) is 2.15. The Morgan fingerprint density at radius 2 is 1.75 bits per heavy atom. The summed E-state index contributed by atoms with van der Waals surface area (Å²) in [5, 5.41) is 21.4. The van der Waals surface area contributed by atoms with E-state index in [1.54, 1.807) is 6.92 Å². The van der Waals surface area contributed by atoms with Gasteiger partial charge in [0, 0.05) is 5.56 Å². The Bertz CT molecular complexity index is 407. The molecule has 0 aliphatic heterocycles. The molecule has 0 unspecified atom stereocenters. The molecule has 0 saturated carbocycles. The highest BCUT2D eigenvalue weighted by molar-refractivity contribution is 5.58.